The highest BCUT2D eigenvalue weighted by molar-refractivity contribution is 9.10. The number of benzene rings is 1. The Morgan fingerprint density at radius 3 is 2.43 bits per heavy atom. The van der Waals surface area contributed by atoms with Gasteiger partial charge in [-0.1, -0.05) is 46.6 Å². The first-order valence-electron chi connectivity index (χ1n) is 6.96. The number of nitrogens with two attached hydrogens (primary N) is 1. The molecule has 2 unspecified atom stereocenters. The monoisotopic (exact) mass is 386 g/mol. The van der Waals surface area contributed by atoms with Crippen LogP contribution in [0.3, 0.4) is 0 Å². The summed E-state index contributed by atoms with van der Waals surface area (Å²) >= 11 is 11.2. The minimum absolute atomic E-state index is 0.0974. The molecule has 2 aromatic rings. The zero-order valence-electron chi connectivity index (χ0n) is 12.2. The SMILES string of the molecule is CCC(N)C(c1ccc(Cl)s1)N(C)Cc1ccc(Br)cc1. The fourth-order valence-electron chi connectivity index (χ4n) is 2.44. The summed E-state index contributed by atoms with van der Waals surface area (Å²) in [6.45, 7) is 2.99. The Balaban J connectivity index is 2.18. The lowest BCUT2D eigenvalue weighted by atomic mass is 10.0. The third-order valence-electron chi connectivity index (χ3n) is 3.58. The lowest BCUT2D eigenvalue weighted by Crippen LogP contribution is -2.38. The Hall–Kier alpha value is -0.390. The molecule has 114 valence electrons. The van der Waals surface area contributed by atoms with Crippen LogP contribution in [0.25, 0.3) is 0 Å². The van der Waals surface area contributed by atoms with Gasteiger partial charge in [-0.3, -0.25) is 4.90 Å². The molecule has 21 heavy (non-hydrogen) atoms. The van der Waals surface area contributed by atoms with Crippen LogP contribution in [0.2, 0.25) is 4.34 Å². The average Bonchev–Trinajstić information content (AvgIpc) is 2.87. The second-order valence-electron chi connectivity index (χ2n) is 5.20. The topological polar surface area (TPSA) is 29.3 Å². The van der Waals surface area contributed by atoms with Gasteiger partial charge in [-0.2, -0.15) is 0 Å². The number of nitrogens with zero attached hydrogens (tertiary/aromatic N) is 1. The summed E-state index contributed by atoms with van der Waals surface area (Å²) in [4.78, 5) is 3.54. The van der Waals surface area contributed by atoms with Crippen LogP contribution in [-0.2, 0) is 6.54 Å². The highest BCUT2D eigenvalue weighted by Gasteiger charge is 2.24. The van der Waals surface area contributed by atoms with Crippen LogP contribution in [0.5, 0.6) is 0 Å². The molecule has 0 bridgehead atoms. The predicted molar refractivity (Wildman–Crippen MR) is 95.9 cm³/mol. The highest BCUT2D eigenvalue weighted by Crippen LogP contribution is 2.33. The Bertz CT molecular complexity index is 570. The second kappa shape index (κ2) is 7.75. The second-order valence-corrected chi connectivity index (χ2v) is 7.86. The zero-order chi connectivity index (χ0) is 15.4. The van der Waals surface area contributed by atoms with Crippen molar-refractivity contribution in [2.45, 2.75) is 32.0 Å². The van der Waals surface area contributed by atoms with E-state index in [2.05, 4.69) is 65.1 Å². The van der Waals surface area contributed by atoms with Gasteiger partial charge in [0.2, 0.25) is 0 Å². The van der Waals surface area contributed by atoms with Gasteiger partial charge >= 0.3 is 0 Å². The lowest BCUT2D eigenvalue weighted by Gasteiger charge is -2.31. The molecule has 0 aliphatic heterocycles. The Labute approximate surface area is 144 Å². The summed E-state index contributed by atoms with van der Waals surface area (Å²) in [6.07, 6.45) is 0.935. The van der Waals surface area contributed by atoms with Gasteiger partial charge in [0, 0.05) is 21.9 Å². The van der Waals surface area contributed by atoms with Crippen LogP contribution in [0.4, 0.5) is 0 Å². The van der Waals surface area contributed by atoms with Crippen molar-refractivity contribution in [2.24, 2.45) is 5.73 Å². The van der Waals surface area contributed by atoms with E-state index in [0.717, 1.165) is 21.8 Å². The molecule has 0 aliphatic carbocycles. The zero-order valence-corrected chi connectivity index (χ0v) is 15.4. The quantitative estimate of drug-likeness (QED) is 0.749. The molecule has 1 heterocycles. The van der Waals surface area contributed by atoms with E-state index in [1.807, 2.05) is 6.07 Å². The van der Waals surface area contributed by atoms with Crippen LogP contribution < -0.4 is 5.73 Å². The fourth-order valence-corrected chi connectivity index (χ4v) is 4.01. The van der Waals surface area contributed by atoms with Crippen molar-refractivity contribution in [1.29, 1.82) is 0 Å². The molecule has 2 nitrogen and oxygen atoms in total. The van der Waals surface area contributed by atoms with Gasteiger partial charge in [0.25, 0.3) is 0 Å². The van der Waals surface area contributed by atoms with E-state index in [4.69, 9.17) is 17.3 Å². The minimum Gasteiger partial charge on any atom is -0.326 e. The van der Waals surface area contributed by atoms with E-state index in [-0.39, 0.29) is 12.1 Å². The van der Waals surface area contributed by atoms with Crippen molar-refractivity contribution in [2.75, 3.05) is 7.05 Å². The van der Waals surface area contributed by atoms with Gasteiger partial charge in [0.1, 0.15) is 0 Å². The van der Waals surface area contributed by atoms with Crippen LogP contribution in [0.1, 0.15) is 29.8 Å². The summed E-state index contributed by atoms with van der Waals surface area (Å²) in [5, 5.41) is 0. The number of halogens is 2. The van der Waals surface area contributed by atoms with E-state index < -0.39 is 0 Å². The average molecular weight is 388 g/mol. The van der Waals surface area contributed by atoms with E-state index in [0.29, 0.717) is 0 Å². The molecule has 1 aromatic carbocycles. The number of likely N-dealkylation sites (N-methyl/N-ethyl adjacent to an activating group) is 1. The molecule has 0 saturated carbocycles. The van der Waals surface area contributed by atoms with Crippen LogP contribution in [0, 0.1) is 0 Å². The van der Waals surface area contributed by atoms with Crippen molar-refractivity contribution in [3.63, 3.8) is 0 Å². The lowest BCUT2D eigenvalue weighted by molar-refractivity contribution is 0.205. The van der Waals surface area contributed by atoms with Crippen LogP contribution in [-0.4, -0.2) is 18.0 Å². The molecule has 2 atom stereocenters. The molecule has 0 aliphatic rings. The Morgan fingerprint density at radius 1 is 1.24 bits per heavy atom. The van der Waals surface area contributed by atoms with Crippen molar-refractivity contribution in [1.82, 2.24) is 4.90 Å². The Morgan fingerprint density at radius 2 is 1.90 bits per heavy atom. The standard InChI is InChI=1S/C16H20BrClN2S/c1-3-13(19)16(14-8-9-15(18)21-14)20(2)10-11-4-6-12(17)7-5-11/h4-9,13,16H,3,10,19H2,1-2H3. The summed E-state index contributed by atoms with van der Waals surface area (Å²) in [5.74, 6) is 0. The molecule has 1 aromatic heterocycles. The van der Waals surface area contributed by atoms with E-state index in [1.54, 1.807) is 11.3 Å². The van der Waals surface area contributed by atoms with Crippen molar-refractivity contribution >= 4 is 38.9 Å². The molecule has 0 saturated heterocycles. The summed E-state index contributed by atoms with van der Waals surface area (Å²) in [5.41, 5.74) is 7.63. The molecule has 0 spiro atoms. The third kappa shape index (κ3) is 4.54. The molecule has 2 rings (SSSR count). The maximum absolute atomic E-state index is 6.35. The van der Waals surface area contributed by atoms with E-state index in [1.165, 1.54) is 10.4 Å². The highest BCUT2D eigenvalue weighted by atomic mass is 79.9. The van der Waals surface area contributed by atoms with Crippen LogP contribution >= 0.6 is 38.9 Å². The molecular formula is C16H20BrClN2S. The molecule has 0 amide bonds. The van der Waals surface area contributed by atoms with E-state index in [9.17, 15) is 0 Å². The molecule has 0 fully saturated rings. The van der Waals surface area contributed by atoms with Crippen molar-refractivity contribution in [3.8, 4) is 0 Å². The van der Waals surface area contributed by atoms with Gasteiger partial charge < -0.3 is 5.73 Å². The van der Waals surface area contributed by atoms with Crippen molar-refractivity contribution in [3.05, 3.63) is 55.6 Å². The summed E-state index contributed by atoms with van der Waals surface area (Å²) in [6, 6.07) is 12.7. The van der Waals surface area contributed by atoms with Gasteiger partial charge in [0.05, 0.1) is 10.4 Å². The van der Waals surface area contributed by atoms with Gasteiger partial charge in [-0.15, -0.1) is 11.3 Å². The first-order chi connectivity index (χ1) is 10.0. The maximum atomic E-state index is 6.35. The largest absolute Gasteiger partial charge is 0.326 e. The normalized spacial score (nSPS) is 14.4. The molecule has 5 heteroatoms. The predicted octanol–water partition coefficient (Wildman–Crippen LogP) is 5.07. The van der Waals surface area contributed by atoms with Crippen molar-refractivity contribution < 1.29 is 0 Å². The first-order valence-corrected chi connectivity index (χ1v) is 8.95. The molecule has 0 radical (unpaired) electrons. The third-order valence-corrected chi connectivity index (χ3v) is 5.41. The number of hydrogen-bond donors (Lipinski definition) is 1. The summed E-state index contributed by atoms with van der Waals surface area (Å²) in [7, 11) is 2.12. The summed E-state index contributed by atoms with van der Waals surface area (Å²) < 4.78 is 1.91. The molecular weight excluding hydrogens is 368 g/mol. The van der Waals surface area contributed by atoms with Gasteiger partial charge in [0.15, 0.2) is 0 Å². The van der Waals surface area contributed by atoms with Gasteiger partial charge in [-0.25, -0.2) is 0 Å². The smallest absolute Gasteiger partial charge is 0.0931 e. The number of rotatable bonds is 6. The number of hydrogen-bond acceptors (Lipinski definition) is 3. The minimum atomic E-state index is 0.0974. The first kappa shape index (κ1) is 17.0. The maximum Gasteiger partial charge on any atom is 0.0931 e. The van der Waals surface area contributed by atoms with E-state index >= 15 is 0 Å². The van der Waals surface area contributed by atoms with Crippen LogP contribution in [0.15, 0.2) is 40.9 Å². The van der Waals surface area contributed by atoms with Gasteiger partial charge in [-0.05, 0) is 43.3 Å². The number of thiophene rings is 1. The fraction of sp³-hybridized carbons (Fsp3) is 0.375. The Kier molecular flexibility index (Phi) is 6.26. The molecule has 2 N–H and O–H groups in total.